The maximum absolute atomic E-state index is 12.3. The number of hydrogen-bond donors (Lipinski definition) is 3. The fraction of sp³-hybridized carbons (Fsp3) is 0.250. The fourth-order valence-corrected chi connectivity index (χ4v) is 2.67. The number of esters is 1. The van der Waals surface area contributed by atoms with E-state index in [1.165, 1.54) is 6.07 Å². The Morgan fingerprint density at radius 2 is 1.80 bits per heavy atom. The largest absolute Gasteiger partial charge is 0.462 e. The number of rotatable bonds is 6. The van der Waals surface area contributed by atoms with Crippen LogP contribution in [0, 0.1) is 0 Å². The molecule has 2 rings (SSSR count). The zero-order valence-electron chi connectivity index (χ0n) is 13.9. The summed E-state index contributed by atoms with van der Waals surface area (Å²) in [6, 6.07) is 7.90. The van der Waals surface area contributed by atoms with Crippen molar-refractivity contribution < 1.29 is 14.3 Å². The predicted octanol–water partition coefficient (Wildman–Crippen LogP) is 1.94. The minimum atomic E-state index is -0.467. The van der Waals surface area contributed by atoms with Crippen molar-refractivity contribution >= 4 is 41.0 Å². The van der Waals surface area contributed by atoms with Gasteiger partial charge in [0.1, 0.15) is 11.6 Å². The molecule has 9 heteroatoms. The van der Waals surface area contributed by atoms with Gasteiger partial charge in [-0.1, -0.05) is 11.8 Å². The molecule has 0 spiro atoms. The Kier molecular flexibility index (Phi) is 6.18. The van der Waals surface area contributed by atoms with Gasteiger partial charge in [0.15, 0.2) is 5.16 Å². The molecule has 132 valence electrons. The van der Waals surface area contributed by atoms with Gasteiger partial charge in [0.25, 0.3) is 0 Å². The summed E-state index contributed by atoms with van der Waals surface area (Å²) in [5, 5.41) is 2.62. The molecule has 0 aliphatic carbocycles. The lowest BCUT2D eigenvalue weighted by Gasteiger charge is -2.12. The van der Waals surface area contributed by atoms with Crippen LogP contribution in [0.15, 0.2) is 35.5 Å². The summed E-state index contributed by atoms with van der Waals surface area (Å²) in [6.45, 7) is 3.77. The van der Waals surface area contributed by atoms with Gasteiger partial charge >= 0.3 is 5.97 Å². The first-order valence-corrected chi connectivity index (χ1v) is 8.41. The van der Waals surface area contributed by atoms with Crippen LogP contribution < -0.4 is 16.8 Å². The van der Waals surface area contributed by atoms with Gasteiger partial charge in [0.05, 0.1) is 17.4 Å². The van der Waals surface area contributed by atoms with Gasteiger partial charge in [-0.3, -0.25) is 4.79 Å². The van der Waals surface area contributed by atoms with Crippen LogP contribution in [0.1, 0.15) is 24.2 Å². The molecule has 8 nitrogen and oxygen atoms in total. The zero-order chi connectivity index (χ0) is 18.4. The lowest BCUT2D eigenvalue weighted by molar-refractivity contribution is -0.115. The first-order valence-electron chi connectivity index (χ1n) is 7.53. The van der Waals surface area contributed by atoms with Crippen molar-refractivity contribution in [3.8, 4) is 0 Å². The van der Waals surface area contributed by atoms with E-state index in [1.807, 2.05) is 0 Å². The van der Waals surface area contributed by atoms with Gasteiger partial charge in [0.2, 0.25) is 5.91 Å². The first kappa shape index (κ1) is 18.5. The molecule has 1 aromatic carbocycles. The molecule has 0 aliphatic rings. The van der Waals surface area contributed by atoms with Crippen molar-refractivity contribution in [2.24, 2.45) is 0 Å². The van der Waals surface area contributed by atoms with Crippen molar-refractivity contribution in [2.45, 2.75) is 24.3 Å². The maximum Gasteiger partial charge on any atom is 0.338 e. The number of nitrogens with zero attached hydrogens (tertiary/aromatic N) is 2. The summed E-state index contributed by atoms with van der Waals surface area (Å²) in [7, 11) is 0. The minimum absolute atomic E-state index is 0.238. The van der Waals surface area contributed by atoms with Crippen LogP contribution in [0.5, 0.6) is 0 Å². The Bertz CT molecular complexity index is 747. The molecule has 0 bridgehead atoms. The molecule has 0 saturated carbocycles. The van der Waals surface area contributed by atoms with Gasteiger partial charge in [-0.05, 0) is 38.1 Å². The minimum Gasteiger partial charge on any atom is -0.462 e. The molecule has 5 N–H and O–H groups in total. The van der Waals surface area contributed by atoms with E-state index in [-0.39, 0.29) is 17.5 Å². The highest BCUT2D eigenvalue weighted by atomic mass is 32.2. The summed E-state index contributed by atoms with van der Waals surface area (Å²) >= 11 is 1.15. The number of anilines is 3. The zero-order valence-corrected chi connectivity index (χ0v) is 14.7. The van der Waals surface area contributed by atoms with E-state index in [4.69, 9.17) is 16.2 Å². The van der Waals surface area contributed by atoms with Gasteiger partial charge in [0, 0.05) is 11.8 Å². The van der Waals surface area contributed by atoms with Crippen LogP contribution in [0.4, 0.5) is 17.3 Å². The number of ether oxygens (including phenoxy) is 1. The Balaban J connectivity index is 1.97. The number of amides is 1. The molecular formula is C16H19N5O3S. The van der Waals surface area contributed by atoms with Gasteiger partial charge < -0.3 is 21.5 Å². The third-order valence-electron chi connectivity index (χ3n) is 3.06. The molecule has 0 fully saturated rings. The summed E-state index contributed by atoms with van der Waals surface area (Å²) in [4.78, 5) is 31.9. The van der Waals surface area contributed by atoms with Crippen molar-refractivity contribution in [2.75, 3.05) is 23.4 Å². The summed E-state index contributed by atoms with van der Waals surface area (Å²) < 4.78 is 4.91. The summed E-state index contributed by atoms with van der Waals surface area (Å²) in [5.41, 5.74) is 12.2. The van der Waals surface area contributed by atoms with Gasteiger partial charge in [-0.25, -0.2) is 14.8 Å². The molecule has 1 heterocycles. The topological polar surface area (TPSA) is 133 Å². The molecule has 1 atom stereocenters. The Hall–Kier alpha value is -2.81. The number of benzene rings is 1. The van der Waals surface area contributed by atoms with Crippen molar-refractivity contribution in [3.63, 3.8) is 0 Å². The highest BCUT2D eigenvalue weighted by Gasteiger charge is 2.17. The number of nitrogen functional groups attached to an aromatic ring is 2. The quantitative estimate of drug-likeness (QED) is 0.404. The Morgan fingerprint density at radius 3 is 2.36 bits per heavy atom. The number of nitrogens with one attached hydrogen (secondary N) is 1. The van der Waals surface area contributed by atoms with E-state index in [9.17, 15) is 9.59 Å². The van der Waals surface area contributed by atoms with Gasteiger partial charge in [-0.2, -0.15) is 0 Å². The van der Waals surface area contributed by atoms with E-state index in [2.05, 4.69) is 15.3 Å². The molecule has 1 amide bonds. The van der Waals surface area contributed by atoms with E-state index in [0.717, 1.165) is 11.8 Å². The number of hydrogen-bond acceptors (Lipinski definition) is 8. The Morgan fingerprint density at radius 1 is 1.20 bits per heavy atom. The predicted molar refractivity (Wildman–Crippen MR) is 97.2 cm³/mol. The average molecular weight is 361 g/mol. The fourth-order valence-electron chi connectivity index (χ4n) is 1.87. The standard InChI is InChI=1S/C16H19N5O3S/c1-3-24-15(23)10-4-6-11(7-5-10)19-14(22)9(2)25-16-20-12(17)8-13(18)21-16/h4-9H,3H2,1-2H3,(H,19,22)(H4,17,18,20,21)/t9-/m0/s1. The third kappa shape index (κ3) is 5.35. The molecule has 25 heavy (non-hydrogen) atoms. The molecule has 0 aliphatic heterocycles. The van der Waals surface area contributed by atoms with Crippen LogP contribution in [0.2, 0.25) is 0 Å². The molecule has 2 aromatic rings. The van der Waals surface area contributed by atoms with Crippen molar-refractivity contribution in [1.29, 1.82) is 0 Å². The van der Waals surface area contributed by atoms with Crippen molar-refractivity contribution in [1.82, 2.24) is 9.97 Å². The lowest BCUT2D eigenvalue weighted by atomic mass is 10.2. The Labute approximate surface area is 149 Å². The van der Waals surface area contributed by atoms with E-state index in [1.54, 1.807) is 38.1 Å². The number of carbonyl (C=O) groups is 2. The van der Waals surface area contributed by atoms with Crippen LogP contribution in [0.3, 0.4) is 0 Å². The summed E-state index contributed by atoms with van der Waals surface area (Å²) in [6.07, 6.45) is 0. The van der Waals surface area contributed by atoms with E-state index in [0.29, 0.717) is 23.0 Å². The first-order chi connectivity index (χ1) is 11.9. The second-order valence-electron chi connectivity index (χ2n) is 5.05. The molecule has 0 saturated heterocycles. The van der Waals surface area contributed by atoms with Crippen LogP contribution in [-0.2, 0) is 9.53 Å². The number of aromatic nitrogens is 2. The molecule has 1 aromatic heterocycles. The maximum atomic E-state index is 12.3. The lowest BCUT2D eigenvalue weighted by Crippen LogP contribution is -2.22. The normalized spacial score (nSPS) is 11.6. The monoisotopic (exact) mass is 361 g/mol. The molecular weight excluding hydrogens is 342 g/mol. The smallest absolute Gasteiger partial charge is 0.338 e. The van der Waals surface area contributed by atoms with Crippen LogP contribution in [-0.4, -0.2) is 33.7 Å². The highest BCUT2D eigenvalue weighted by Crippen LogP contribution is 2.22. The average Bonchev–Trinajstić information content (AvgIpc) is 2.54. The number of nitrogens with two attached hydrogens (primary N) is 2. The number of carbonyl (C=O) groups excluding carboxylic acids is 2. The second-order valence-corrected chi connectivity index (χ2v) is 6.36. The van der Waals surface area contributed by atoms with E-state index < -0.39 is 11.2 Å². The highest BCUT2D eigenvalue weighted by molar-refractivity contribution is 8.00. The van der Waals surface area contributed by atoms with Gasteiger partial charge in [-0.15, -0.1) is 0 Å². The molecule has 0 unspecified atom stereocenters. The molecule has 0 radical (unpaired) electrons. The number of thioether (sulfide) groups is 1. The van der Waals surface area contributed by atoms with Crippen LogP contribution >= 0.6 is 11.8 Å². The van der Waals surface area contributed by atoms with Crippen molar-refractivity contribution in [3.05, 3.63) is 35.9 Å². The SMILES string of the molecule is CCOC(=O)c1ccc(NC(=O)[C@H](C)Sc2nc(N)cc(N)n2)cc1. The van der Waals surface area contributed by atoms with Crippen LogP contribution in [0.25, 0.3) is 0 Å². The summed E-state index contributed by atoms with van der Waals surface area (Å²) in [5.74, 6) is -0.145. The third-order valence-corrected chi connectivity index (χ3v) is 4.02. The second kappa shape index (κ2) is 8.34. The van der Waals surface area contributed by atoms with E-state index >= 15 is 0 Å².